The standard InChI is InChI=1S/C14H9BrCl2FI/c1-7-4-9(11(16)6-12(7)18)14(17)10-5-8(15)2-3-13(10)19/h2-6,14H,1H3. The van der Waals surface area contributed by atoms with Crippen LogP contribution in [0.3, 0.4) is 0 Å². The van der Waals surface area contributed by atoms with Crippen LogP contribution >= 0.6 is 61.7 Å². The van der Waals surface area contributed by atoms with Crippen molar-refractivity contribution in [3.8, 4) is 0 Å². The Kier molecular flexibility index (Phi) is 5.15. The molecule has 5 heteroatoms. The molecule has 2 rings (SSSR count). The Labute approximate surface area is 143 Å². The lowest BCUT2D eigenvalue weighted by atomic mass is 10.0. The Bertz CT molecular complexity index is 631. The van der Waals surface area contributed by atoms with Gasteiger partial charge in [0, 0.05) is 13.1 Å². The molecule has 0 N–H and O–H groups in total. The molecule has 0 fully saturated rings. The third-order valence-electron chi connectivity index (χ3n) is 2.78. The molecule has 0 aliphatic rings. The van der Waals surface area contributed by atoms with Crippen LogP contribution in [0, 0.1) is 16.3 Å². The van der Waals surface area contributed by atoms with E-state index in [2.05, 4.69) is 38.5 Å². The van der Waals surface area contributed by atoms with Gasteiger partial charge in [-0.2, -0.15) is 0 Å². The molecule has 19 heavy (non-hydrogen) atoms. The smallest absolute Gasteiger partial charge is 0.127 e. The van der Waals surface area contributed by atoms with Gasteiger partial charge in [-0.15, -0.1) is 11.6 Å². The molecular formula is C14H9BrCl2FI. The number of benzene rings is 2. The molecular weight excluding hydrogens is 465 g/mol. The minimum absolute atomic E-state index is 0.318. The second-order valence-corrected chi connectivity index (χ2v) is 7.07. The van der Waals surface area contributed by atoms with Crippen molar-refractivity contribution in [1.29, 1.82) is 0 Å². The van der Waals surface area contributed by atoms with Crippen molar-refractivity contribution >= 4 is 61.7 Å². The van der Waals surface area contributed by atoms with Crippen LogP contribution in [0.4, 0.5) is 4.39 Å². The van der Waals surface area contributed by atoms with Gasteiger partial charge in [-0.3, -0.25) is 0 Å². The van der Waals surface area contributed by atoms with Gasteiger partial charge < -0.3 is 0 Å². The van der Waals surface area contributed by atoms with Crippen molar-refractivity contribution in [2.75, 3.05) is 0 Å². The summed E-state index contributed by atoms with van der Waals surface area (Å²) in [6.07, 6.45) is 0. The molecule has 2 aromatic rings. The average molecular weight is 474 g/mol. The largest absolute Gasteiger partial charge is 0.207 e. The fraction of sp³-hybridized carbons (Fsp3) is 0.143. The highest BCUT2D eigenvalue weighted by Gasteiger charge is 2.18. The van der Waals surface area contributed by atoms with Gasteiger partial charge in [-0.05, 0) is 76.5 Å². The molecule has 100 valence electrons. The minimum Gasteiger partial charge on any atom is -0.207 e. The summed E-state index contributed by atoms with van der Waals surface area (Å²) in [5.41, 5.74) is 2.21. The maximum atomic E-state index is 13.4. The first kappa shape index (κ1) is 15.5. The lowest BCUT2D eigenvalue weighted by Crippen LogP contribution is -1.99. The SMILES string of the molecule is Cc1cc(C(Cl)c2cc(Br)ccc2I)c(Cl)cc1F. The first-order chi connectivity index (χ1) is 8.90. The molecule has 0 heterocycles. The van der Waals surface area contributed by atoms with E-state index in [-0.39, 0.29) is 5.82 Å². The average Bonchev–Trinajstić information content (AvgIpc) is 2.36. The zero-order chi connectivity index (χ0) is 14.2. The summed E-state index contributed by atoms with van der Waals surface area (Å²) in [4.78, 5) is 0. The molecule has 0 radical (unpaired) electrons. The maximum Gasteiger partial charge on any atom is 0.127 e. The third kappa shape index (κ3) is 3.43. The molecule has 0 bridgehead atoms. The van der Waals surface area contributed by atoms with Crippen molar-refractivity contribution in [3.05, 3.63) is 65.9 Å². The maximum absolute atomic E-state index is 13.4. The monoisotopic (exact) mass is 472 g/mol. The van der Waals surface area contributed by atoms with E-state index in [1.807, 2.05) is 18.2 Å². The van der Waals surface area contributed by atoms with Crippen LogP contribution in [0.2, 0.25) is 5.02 Å². The van der Waals surface area contributed by atoms with E-state index < -0.39 is 5.38 Å². The quantitative estimate of drug-likeness (QED) is 0.346. The second-order valence-electron chi connectivity index (χ2n) is 4.15. The van der Waals surface area contributed by atoms with Crippen LogP contribution in [-0.4, -0.2) is 0 Å². The number of alkyl halides is 1. The molecule has 0 aromatic heterocycles. The summed E-state index contributed by atoms with van der Waals surface area (Å²) >= 11 is 18.3. The number of hydrogen-bond acceptors (Lipinski definition) is 0. The molecule has 0 spiro atoms. The van der Waals surface area contributed by atoms with Crippen LogP contribution in [-0.2, 0) is 0 Å². The van der Waals surface area contributed by atoms with Gasteiger partial charge >= 0.3 is 0 Å². The van der Waals surface area contributed by atoms with Gasteiger partial charge in [0.05, 0.1) is 5.38 Å². The van der Waals surface area contributed by atoms with Gasteiger partial charge in [0.15, 0.2) is 0 Å². The van der Waals surface area contributed by atoms with E-state index in [1.54, 1.807) is 13.0 Å². The van der Waals surface area contributed by atoms with Gasteiger partial charge in [0.1, 0.15) is 5.82 Å². The molecule has 0 saturated carbocycles. The van der Waals surface area contributed by atoms with E-state index in [1.165, 1.54) is 6.07 Å². The fourth-order valence-corrected chi connectivity index (χ4v) is 3.64. The lowest BCUT2D eigenvalue weighted by Gasteiger charge is -2.15. The van der Waals surface area contributed by atoms with Crippen LogP contribution in [0.5, 0.6) is 0 Å². The Morgan fingerprint density at radius 1 is 1.21 bits per heavy atom. The first-order valence-electron chi connectivity index (χ1n) is 5.44. The Balaban J connectivity index is 2.52. The summed E-state index contributed by atoms with van der Waals surface area (Å²) in [5.74, 6) is -0.318. The van der Waals surface area contributed by atoms with Crippen molar-refractivity contribution in [1.82, 2.24) is 0 Å². The fourth-order valence-electron chi connectivity index (χ4n) is 1.75. The van der Waals surface area contributed by atoms with Crippen molar-refractivity contribution in [3.63, 3.8) is 0 Å². The third-order valence-corrected chi connectivity index (χ3v) is 5.06. The Morgan fingerprint density at radius 3 is 2.58 bits per heavy atom. The van der Waals surface area contributed by atoms with Crippen LogP contribution in [0.1, 0.15) is 22.1 Å². The van der Waals surface area contributed by atoms with Crippen LogP contribution < -0.4 is 0 Å². The van der Waals surface area contributed by atoms with Gasteiger partial charge in [-0.1, -0.05) is 27.5 Å². The molecule has 2 aromatic carbocycles. The van der Waals surface area contributed by atoms with E-state index >= 15 is 0 Å². The topological polar surface area (TPSA) is 0 Å². The zero-order valence-electron chi connectivity index (χ0n) is 9.85. The normalized spacial score (nSPS) is 12.5. The number of aryl methyl sites for hydroxylation is 1. The van der Waals surface area contributed by atoms with E-state index in [0.717, 1.165) is 19.2 Å². The highest BCUT2D eigenvalue weighted by Crippen LogP contribution is 2.37. The molecule has 0 saturated heterocycles. The first-order valence-corrected chi connectivity index (χ1v) is 8.13. The Morgan fingerprint density at radius 2 is 1.89 bits per heavy atom. The van der Waals surface area contributed by atoms with Crippen molar-refractivity contribution in [2.45, 2.75) is 12.3 Å². The number of rotatable bonds is 2. The highest BCUT2D eigenvalue weighted by molar-refractivity contribution is 14.1. The predicted octanol–water partition coefficient (Wildman–Crippen LogP) is 6.48. The van der Waals surface area contributed by atoms with Gasteiger partial charge in [-0.25, -0.2) is 4.39 Å². The second kappa shape index (κ2) is 6.29. The summed E-state index contributed by atoms with van der Waals surface area (Å²) in [7, 11) is 0. The molecule has 0 nitrogen and oxygen atoms in total. The molecule has 0 amide bonds. The Hall–Kier alpha value is 0.160. The zero-order valence-corrected chi connectivity index (χ0v) is 15.1. The highest BCUT2D eigenvalue weighted by atomic mass is 127. The molecule has 0 aliphatic heterocycles. The van der Waals surface area contributed by atoms with Crippen LogP contribution in [0.25, 0.3) is 0 Å². The number of hydrogen-bond donors (Lipinski definition) is 0. The van der Waals surface area contributed by atoms with Gasteiger partial charge in [0.25, 0.3) is 0 Å². The summed E-state index contributed by atoms with van der Waals surface area (Å²) < 4.78 is 15.4. The van der Waals surface area contributed by atoms with Crippen LogP contribution in [0.15, 0.2) is 34.8 Å². The van der Waals surface area contributed by atoms with Crippen molar-refractivity contribution in [2.24, 2.45) is 0 Å². The molecule has 1 unspecified atom stereocenters. The van der Waals surface area contributed by atoms with E-state index in [0.29, 0.717) is 10.6 Å². The predicted molar refractivity (Wildman–Crippen MR) is 90.7 cm³/mol. The van der Waals surface area contributed by atoms with E-state index in [4.69, 9.17) is 23.2 Å². The van der Waals surface area contributed by atoms with E-state index in [9.17, 15) is 4.39 Å². The summed E-state index contributed by atoms with van der Waals surface area (Å²) in [5, 5.41) is -0.0601. The summed E-state index contributed by atoms with van der Waals surface area (Å²) in [6, 6.07) is 8.89. The summed E-state index contributed by atoms with van der Waals surface area (Å²) in [6.45, 7) is 1.70. The lowest BCUT2D eigenvalue weighted by molar-refractivity contribution is 0.618. The molecule has 0 aliphatic carbocycles. The minimum atomic E-state index is -0.406. The number of halogens is 5. The molecule has 1 atom stereocenters. The van der Waals surface area contributed by atoms with Gasteiger partial charge in [0.2, 0.25) is 0 Å². The van der Waals surface area contributed by atoms with Crippen molar-refractivity contribution < 1.29 is 4.39 Å².